The first kappa shape index (κ1) is 26.5. The summed E-state index contributed by atoms with van der Waals surface area (Å²) >= 11 is 0. The summed E-state index contributed by atoms with van der Waals surface area (Å²) in [5.74, 6) is -1.81. The summed E-state index contributed by atoms with van der Waals surface area (Å²) < 4.78 is 50.8. The molecule has 35 heavy (non-hydrogen) atoms. The lowest BCUT2D eigenvalue weighted by atomic mass is 9.85. The summed E-state index contributed by atoms with van der Waals surface area (Å²) in [6.07, 6.45) is -4.20. The maximum absolute atomic E-state index is 12.8. The molecule has 1 unspecified atom stereocenters. The molecule has 2 heterocycles. The number of hydrogen-bond donors (Lipinski definition) is 1. The average molecular weight is 495 g/mol. The lowest BCUT2D eigenvalue weighted by Gasteiger charge is -2.34. The molecule has 1 aliphatic heterocycles. The highest BCUT2D eigenvalue weighted by Gasteiger charge is 2.32. The van der Waals surface area contributed by atoms with E-state index in [2.05, 4.69) is 0 Å². The Kier molecular flexibility index (Phi) is 8.04. The van der Waals surface area contributed by atoms with Gasteiger partial charge in [0.25, 0.3) is 0 Å². The summed E-state index contributed by atoms with van der Waals surface area (Å²) in [6, 6.07) is 4.14. The van der Waals surface area contributed by atoms with Crippen LogP contribution in [0.25, 0.3) is 11.3 Å². The zero-order valence-corrected chi connectivity index (χ0v) is 19.8. The van der Waals surface area contributed by atoms with Crippen molar-refractivity contribution in [2.45, 2.75) is 51.7 Å². The molecule has 2 aromatic rings. The van der Waals surface area contributed by atoms with Crippen LogP contribution in [0, 0.1) is 5.92 Å². The Balaban J connectivity index is 2.14. The van der Waals surface area contributed by atoms with Gasteiger partial charge in [0.05, 0.1) is 24.3 Å². The standard InChI is InChI=1S/C25H28F3NO6/c1-14(2)19-9-15-10-23(35-8-4-7-34-3)17(21(30)5-6-25(26,27)28)11-16(15)20-12-22(31)18(24(32)33)13-29(19)20/h10-14,19H,4-9H2,1-3H3,(H,32,33). The van der Waals surface area contributed by atoms with Crippen LogP contribution in [0.3, 0.4) is 0 Å². The number of hydrogen-bond acceptors (Lipinski definition) is 5. The van der Waals surface area contributed by atoms with Gasteiger partial charge in [-0.25, -0.2) is 4.79 Å². The van der Waals surface area contributed by atoms with E-state index in [4.69, 9.17) is 9.47 Å². The highest BCUT2D eigenvalue weighted by Crippen LogP contribution is 2.41. The van der Waals surface area contributed by atoms with Gasteiger partial charge in [-0.15, -0.1) is 0 Å². The number of carbonyl (C=O) groups excluding carboxylic acids is 1. The van der Waals surface area contributed by atoms with Crippen LogP contribution in [-0.2, 0) is 11.2 Å². The molecular weight excluding hydrogens is 467 g/mol. The molecule has 190 valence electrons. The normalized spacial score (nSPS) is 15.0. The third-order valence-electron chi connectivity index (χ3n) is 6.03. The lowest BCUT2D eigenvalue weighted by molar-refractivity contribution is -0.133. The molecule has 3 rings (SSSR count). The molecule has 1 atom stereocenters. The van der Waals surface area contributed by atoms with Crippen LogP contribution in [0.5, 0.6) is 5.75 Å². The van der Waals surface area contributed by atoms with E-state index in [-0.39, 0.29) is 35.4 Å². The van der Waals surface area contributed by atoms with Crippen LogP contribution in [0.1, 0.15) is 65.4 Å². The third kappa shape index (κ3) is 6.11. The average Bonchev–Trinajstić information content (AvgIpc) is 2.78. The second kappa shape index (κ2) is 10.6. The highest BCUT2D eigenvalue weighted by atomic mass is 19.4. The molecule has 7 nitrogen and oxygen atoms in total. The molecule has 1 aromatic heterocycles. The van der Waals surface area contributed by atoms with Crippen LogP contribution in [-0.4, -0.2) is 47.9 Å². The van der Waals surface area contributed by atoms with E-state index in [9.17, 15) is 32.7 Å². The van der Waals surface area contributed by atoms with Crippen molar-refractivity contribution >= 4 is 11.8 Å². The van der Waals surface area contributed by atoms with Gasteiger partial charge < -0.3 is 19.1 Å². The molecule has 0 saturated heterocycles. The van der Waals surface area contributed by atoms with Gasteiger partial charge in [-0.1, -0.05) is 13.8 Å². The number of carbonyl (C=O) groups is 2. The first-order chi connectivity index (χ1) is 16.4. The van der Waals surface area contributed by atoms with Crippen LogP contribution in [0.15, 0.2) is 29.2 Å². The van der Waals surface area contributed by atoms with Gasteiger partial charge in [0.15, 0.2) is 11.2 Å². The van der Waals surface area contributed by atoms with Gasteiger partial charge >= 0.3 is 12.1 Å². The molecule has 1 aliphatic rings. The number of nitrogens with zero attached hydrogens (tertiary/aromatic N) is 1. The van der Waals surface area contributed by atoms with Crippen molar-refractivity contribution in [2.24, 2.45) is 5.92 Å². The number of fused-ring (bicyclic) bond motifs is 3. The topological polar surface area (TPSA) is 94.8 Å². The van der Waals surface area contributed by atoms with E-state index >= 15 is 0 Å². The second-order valence-corrected chi connectivity index (χ2v) is 8.90. The molecule has 0 fully saturated rings. The number of carboxylic acid groups (broad SMARTS) is 1. The fourth-order valence-corrected chi connectivity index (χ4v) is 4.22. The number of rotatable bonds is 10. The molecule has 0 radical (unpaired) electrons. The zero-order valence-electron chi connectivity index (χ0n) is 19.8. The predicted octanol–water partition coefficient (Wildman–Crippen LogP) is 4.91. The number of ketones is 1. The highest BCUT2D eigenvalue weighted by molar-refractivity contribution is 6.00. The second-order valence-electron chi connectivity index (χ2n) is 8.90. The van der Waals surface area contributed by atoms with Gasteiger partial charge in [0, 0.05) is 50.4 Å². The maximum atomic E-state index is 12.8. The number of benzene rings is 1. The van der Waals surface area contributed by atoms with Gasteiger partial charge in [-0.05, 0) is 30.0 Å². The number of aromatic carboxylic acids is 1. The smallest absolute Gasteiger partial charge is 0.389 e. The maximum Gasteiger partial charge on any atom is 0.389 e. The van der Waals surface area contributed by atoms with Gasteiger partial charge in [0.2, 0.25) is 0 Å². The summed E-state index contributed by atoms with van der Waals surface area (Å²) in [6.45, 7) is 4.56. The third-order valence-corrected chi connectivity index (χ3v) is 6.03. The van der Waals surface area contributed by atoms with E-state index in [1.54, 1.807) is 10.6 Å². The van der Waals surface area contributed by atoms with Crippen molar-refractivity contribution in [1.82, 2.24) is 4.57 Å². The largest absolute Gasteiger partial charge is 0.493 e. The molecule has 10 heteroatoms. The lowest BCUT2D eigenvalue weighted by Crippen LogP contribution is -2.28. The number of carboxylic acids is 1. The summed E-state index contributed by atoms with van der Waals surface area (Å²) in [5, 5.41) is 9.41. The van der Waals surface area contributed by atoms with E-state index in [0.717, 1.165) is 5.56 Å². The molecule has 1 aromatic carbocycles. The van der Waals surface area contributed by atoms with Gasteiger partial charge in [0.1, 0.15) is 11.3 Å². The summed E-state index contributed by atoms with van der Waals surface area (Å²) in [4.78, 5) is 36.9. The van der Waals surface area contributed by atoms with Gasteiger partial charge in [-0.2, -0.15) is 13.2 Å². The quantitative estimate of drug-likeness (QED) is 0.372. The minimum Gasteiger partial charge on any atom is -0.493 e. The number of pyridine rings is 1. The Morgan fingerprint density at radius 3 is 2.49 bits per heavy atom. The number of ether oxygens (including phenoxy) is 2. The number of halogens is 3. The molecule has 0 aliphatic carbocycles. The number of alkyl halides is 3. The monoisotopic (exact) mass is 495 g/mol. The number of Topliss-reactive ketones (excluding diaryl/α,β-unsaturated/α-hetero) is 1. The van der Waals surface area contributed by atoms with Crippen LogP contribution >= 0.6 is 0 Å². The van der Waals surface area contributed by atoms with Crippen LogP contribution in [0.4, 0.5) is 13.2 Å². The number of methoxy groups -OCH3 is 1. The van der Waals surface area contributed by atoms with Crippen LogP contribution in [0.2, 0.25) is 0 Å². The summed E-state index contributed by atoms with van der Waals surface area (Å²) in [5.41, 5.74) is 0.604. The SMILES string of the molecule is COCCCOc1cc2c(cc1C(=O)CCC(F)(F)F)-c1cc(=O)c(C(=O)O)cn1C(C(C)C)C2. The van der Waals surface area contributed by atoms with E-state index in [0.29, 0.717) is 30.7 Å². The van der Waals surface area contributed by atoms with E-state index in [1.807, 2.05) is 13.8 Å². The Hall–Kier alpha value is -3.14. The van der Waals surface area contributed by atoms with Crippen molar-refractivity contribution in [3.8, 4) is 17.0 Å². The van der Waals surface area contributed by atoms with E-state index < -0.39 is 36.2 Å². The minimum absolute atomic E-state index is 0.00489. The molecule has 0 amide bonds. The first-order valence-electron chi connectivity index (χ1n) is 11.3. The Morgan fingerprint density at radius 2 is 1.89 bits per heavy atom. The zero-order chi connectivity index (χ0) is 25.9. The Bertz CT molecular complexity index is 1170. The van der Waals surface area contributed by atoms with E-state index in [1.165, 1.54) is 25.4 Å². The van der Waals surface area contributed by atoms with Crippen molar-refractivity contribution in [1.29, 1.82) is 0 Å². The molecule has 0 saturated carbocycles. The van der Waals surface area contributed by atoms with Crippen molar-refractivity contribution in [2.75, 3.05) is 20.3 Å². The predicted molar refractivity (Wildman–Crippen MR) is 122 cm³/mol. The fourth-order valence-electron chi connectivity index (χ4n) is 4.22. The number of aromatic nitrogens is 1. The van der Waals surface area contributed by atoms with Crippen LogP contribution < -0.4 is 10.2 Å². The molecule has 1 N–H and O–H groups in total. The fraction of sp³-hybridized carbons (Fsp3) is 0.480. The van der Waals surface area contributed by atoms with Gasteiger partial charge in [-0.3, -0.25) is 9.59 Å². The molecule has 0 spiro atoms. The van der Waals surface area contributed by atoms with Crippen molar-refractivity contribution in [3.05, 3.63) is 51.3 Å². The minimum atomic E-state index is -4.49. The molecular formula is C25H28F3NO6. The van der Waals surface area contributed by atoms with Crippen molar-refractivity contribution in [3.63, 3.8) is 0 Å². The Labute approximate surface area is 200 Å². The first-order valence-corrected chi connectivity index (χ1v) is 11.3. The molecule has 0 bridgehead atoms. The van der Waals surface area contributed by atoms with Crippen molar-refractivity contribution < 1.29 is 37.3 Å². The Morgan fingerprint density at radius 1 is 1.17 bits per heavy atom. The summed E-state index contributed by atoms with van der Waals surface area (Å²) in [7, 11) is 1.53.